The summed E-state index contributed by atoms with van der Waals surface area (Å²) in [5.41, 5.74) is 4.02. The molecule has 1 N–H and O–H groups in total. The molecule has 0 spiro atoms. The lowest BCUT2D eigenvalue weighted by molar-refractivity contribution is 0.475. The van der Waals surface area contributed by atoms with Crippen molar-refractivity contribution in [3.8, 4) is 28.0 Å². The second-order valence-electron chi connectivity index (χ2n) is 8.94. The van der Waals surface area contributed by atoms with Crippen molar-refractivity contribution in [1.82, 2.24) is 0 Å². The zero-order chi connectivity index (χ0) is 23.5. The Bertz CT molecular complexity index is 1910. The molecule has 0 aromatic heterocycles. The normalized spacial score (nSPS) is 11.9. The molecule has 0 saturated carbocycles. The maximum absolute atomic E-state index is 12.9. The van der Waals surface area contributed by atoms with E-state index < -0.39 is 0 Å². The van der Waals surface area contributed by atoms with E-state index in [4.69, 9.17) is 0 Å². The summed E-state index contributed by atoms with van der Waals surface area (Å²) >= 11 is 0. The first-order valence-electron chi connectivity index (χ1n) is 11.6. The van der Waals surface area contributed by atoms with E-state index in [-0.39, 0.29) is 14.2 Å². The van der Waals surface area contributed by atoms with Crippen LogP contribution in [0.25, 0.3) is 65.3 Å². The number of hydrogen-bond donors (Lipinski definition) is 1. The summed E-state index contributed by atoms with van der Waals surface area (Å²) in [6, 6.07) is 36.9. The molecule has 0 unspecified atom stereocenters. The molecule has 0 saturated heterocycles. The molecule has 3 heteroatoms. The first kappa shape index (κ1) is 20.1. The molecule has 7 aromatic rings. The van der Waals surface area contributed by atoms with Crippen molar-refractivity contribution in [1.29, 1.82) is 0 Å². The highest BCUT2D eigenvalue weighted by atomic mass is 31.1. The predicted octanol–water partition coefficient (Wildman–Crippen LogP) is 8.69. The third-order valence-corrected chi connectivity index (χ3v) is 7.74. The molecular weight excluding hydrogens is 447 g/mol. The van der Waals surface area contributed by atoms with Gasteiger partial charge in [0.05, 0.1) is 5.30 Å². The maximum Gasteiger partial charge on any atom is 0.193 e. The molecule has 0 bridgehead atoms. The molecule has 7 rings (SSSR count). The van der Waals surface area contributed by atoms with Crippen molar-refractivity contribution in [2.24, 2.45) is 0 Å². The van der Waals surface area contributed by atoms with Gasteiger partial charge in [0.1, 0.15) is 5.75 Å². The fourth-order valence-electron chi connectivity index (χ4n) is 5.62. The van der Waals surface area contributed by atoms with Crippen LogP contribution in [0.3, 0.4) is 0 Å². The largest absolute Gasteiger partial charge is 0.508 e. The standard InChI is InChI=1S/C32H19O2P/c33-22-16-14-19(15-17-22)23-9-1-2-10-24(23)28-18-21-8-5-12-26-25-11-3-6-20-7-4-13-27(29(20)25)31(30(21)26)32(28)35-34/h1-18,33H. The van der Waals surface area contributed by atoms with Crippen LogP contribution < -0.4 is 5.30 Å². The van der Waals surface area contributed by atoms with Crippen molar-refractivity contribution < 1.29 is 9.67 Å². The van der Waals surface area contributed by atoms with Crippen LogP contribution in [-0.4, -0.2) is 5.11 Å². The Labute approximate surface area is 203 Å². The molecule has 0 aliphatic carbocycles. The van der Waals surface area contributed by atoms with Crippen LogP contribution in [0.4, 0.5) is 0 Å². The number of phenols is 1. The molecule has 0 radical (unpaired) electrons. The number of phenolic OH excluding ortho intramolecular Hbond substituents is 1. The molecule has 7 aromatic carbocycles. The first-order valence-corrected chi connectivity index (χ1v) is 12.4. The molecule has 0 atom stereocenters. The highest BCUT2D eigenvalue weighted by molar-refractivity contribution is 7.35. The molecule has 164 valence electrons. The van der Waals surface area contributed by atoms with E-state index in [2.05, 4.69) is 72.8 Å². The Hall–Kier alpha value is -4.26. The van der Waals surface area contributed by atoms with Gasteiger partial charge in [-0.15, -0.1) is 0 Å². The van der Waals surface area contributed by atoms with E-state index in [1.165, 1.54) is 21.5 Å². The predicted molar refractivity (Wildman–Crippen MR) is 147 cm³/mol. The fourth-order valence-corrected chi connectivity index (χ4v) is 6.22. The average Bonchev–Trinajstić information content (AvgIpc) is 2.91. The van der Waals surface area contributed by atoms with Crippen molar-refractivity contribution in [3.05, 3.63) is 109 Å². The summed E-state index contributed by atoms with van der Waals surface area (Å²) in [5.74, 6) is 0.236. The molecule has 0 fully saturated rings. The van der Waals surface area contributed by atoms with Crippen LogP contribution in [-0.2, 0) is 4.57 Å². The summed E-state index contributed by atoms with van der Waals surface area (Å²) in [5, 5.41) is 19.9. The van der Waals surface area contributed by atoms with Crippen LogP contribution in [0.1, 0.15) is 0 Å². The highest BCUT2D eigenvalue weighted by Crippen LogP contribution is 2.43. The zero-order valence-corrected chi connectivity index (χ0v) is 19.6. The molecule has 2 nitrogen and oxygen atoms in total. The van der Waals surface area contributed by atoms with Gasteiger partial charge < -0.3 is 5.11 Å². The number of aromatic hydroxyl groups is 1. The lowest BCUT2D eigenvalue weighted by Crippen LogP contribution is -2.04. The number of fused-ring (bicyclic) bond motifs is 2. The minimum atomic E-state index is -0.0141. The lowest BCUT2D eigenvalue weighted by atomic mass is 9.86. The molecule has 35 heavy (non-hydrogen) atoms. The Kier molecular flexibility index (Phi) is 4.39. The van der Waals surface area contributed by atoms with Gasteiger partial charge in [-0.2, -0.15) is 0 Å². The second kappa shape index (κ2) is 7.63. The lowest BCUT2D eigenvalue weighted by Gasteiger charge is -2.19. The molecule has 0 aliphatic rings. The van der Waals surface area contributed by atoms with Gasteiger partial charge in [0.2, 0.25) is 0 Å². The molecular formula is C32H19O2P. The van der Waals surface area contributed by atoms with E-state index in [0.717, 1.165) is 49.1 Å². The van der Waals surface area contributed by atoms with E-state index in [9.17, 15) is 9.67 Å². The number of rotatable bonds is 3. The van der Waals surface area contributed by atoms with Gasteiger partial charge in [0, 0.05) is 5.39 Å². The summed E-state index contributed by atoms with van der Waals surface area (Å²) in [4.78, 5) is 0. The van der Waals surface area contributed by atoms with Crippen LogP contribution >= 0.6 is 8.46 Å². The van der Waals surface area contributed by atoms with Crippen molar-refractivity contribution in [2.75, 3.05) is 0 Å². The van der Waals surface area contributed by atoms with Gasteiger partial charge in [0.25, 0.3) is 0 Å². The van der Waals surface area contributed by atoms with Gasteiger partial charge in [-0.25, -0.2) is 0 Å². The third-order valence-electron chi connectivity index (χ3n) is 7.09. The Morgan fingerprint density at radius 1 is 0.514 bits per heavy atom. The number of hydrogen-bond acceptors (Lipinski definition) is 2. The summed E-state index contributed by atoms with van der Waals surface area (Å²) in [7, 11) is -0.0141. The first-order chi connectivity index (χ1) is 17.2. The van der Waals surface area contributed by atoms with E-state index in [0.29, 0.717) is 0 Å². The monoisotopic (exact) mass is 466 g/mol. The average molecular weight is 466 g/mol. The fraction of sp³-hybridized carbons (Fsp3) is 0. The minimum Gasteiger partial charge on any atom is -0.508 e. The Balaban J connectivity index is 1.68. The van der Waals surface area contributed by atoms with Crippen molar-refractivity contribution >= 4 is 56.9 Å². The van der Waals surface area contributed by atoms with Gasteiger partial charge >= 0.3 is 0 Å². The van der Waals surface area contributed by atoms with E-state index in [1.54, 1.807) is 12.1 Å². The maximum atomic E-state index is 12.9. The van der Waals surface area contributed by atoms with Crippen molar-refractivity contribution in [3.63, 3.8) is 0 Å². The third kappa shape index (κ3) is 2.91. The summed E-state index contributed by atoms with van der Waals surface area (Å²) in [6.07, 6.45) is 0. The van der Waals surface area contributed by atoms with Gasteiger partial charge in [-0.3, -0.25) is 4.57 Å². The summed E-state index contributed by atoms with van der Waals surface area (Å²) in [6.45, 7) is 0. The van der Waals surface area contributed by atoms with Crippen LogP contribution in [0, 0.1) is 0 Å². The van der Waals surface area contributed by atoms with Crippen LogP contribution in [0.5, 0.6) is 5.75 Å². The number of benzene rings is 7. The van der Waals surface area contributed by atoms with Crippen LogP contribution in [0.15, 0.2) is 109 Å². The van der Waals surface area contributed by atoms with Gasteiger partial charge in [0.15, 0.2) is 8.46 Å². The topological polar surface area (TPSA) is 37.3 Å². The molecule has 0 heterocycles. The van der Waals surface area contributed by atoms with Gasteiger partial charge in [-0.1, -0.05) is 91.0 Å². The Morgan fingerprint density at radius 3 is 1.86 bits per heavy atom. The van der Waals surface area contributed by atoms with E-state index in [1.807, 2.05) is 24.3 Å². The molecule has 0 amide bonds. The second-order valence-corrected chi connectivity index (χ2v) is 9.57. The van der Waals surface area contributed by atoms with Gasteiger partial charge in [-0.05, 0) is 78.2 Å². The molecule has 0 aliphatic heterocycles. The quantitative estimate of drug-likeness (QED) is 0.161. The zero-order valence-electron chi connectivity index (χ0n) is 18.7. The Morgan fingerprint density at radius 2 is 1.14 bits per heavy atom. The van der Waals surface area contributed by atoms with E-state index >= 15 is 0 Å². The summed E-state index contributed by atoms with van der Waals surface area (Å²) < 4.78 is 12.9. The van der Waals surface area contributed by atoms with Crippen molar-refractivity contribution in [2.45, 2.75) is 0 Å². The minimum absolute atomic E-state index is 0.0141. The van der Waals surface area contributed by atoms with Crippen LogP contribution in [0.2, 0.25) is 0 Å². The highest BCUT2D eigenvalue weighted by Gasteiger charge is 2.20. The smallest absolute Gasteiger partial charge is 0.193 e. The SMILES string of the molecule is O=Pc1c(-c2ccccc2-c2ccc(O)cc2)cc2cccc3c4cccc5cccc(c1c23)c54.